The van der Waals surface area contributed by atoms with Gasteiger partial charge in [0.15, 0.2) is 0 Å². The number of nitrogens with zero attached hydrogens (tertiary/aromatic N) is 2. The SMILES string of the molecule is O=C1/C=C\C(=O)ON2CC(N=C2Nc2ccc(Cc3ccc(OCC4CCOCC4)cc3F)cc2)O1. The fourth-order valence-electron chi connectivity index (χ4n) is 4.10. The zero-order valence-corrected chi connectivity index (χ0v) is 19.5. The van der Waals surface area contributed by atoms with Crippen LogP contribution in [0.1, 0.15) is 24.0 Å². The van der Waals surface area contributed by atoms with Crippen LogP contribution in [0.2, 0.25) is 0 Å². The van der Waals surface area contributed by atoms with Gasteiger partial charge in [0.05, 0.1) is 6.61 Å². The Morgan fingerprint density at radius 1 is 1.06 bits per heavy atom. The summed E-state index contributed by atoms with van der Waals surface area (Å²) in [6.45, 7) is 2.16. The number of rotatable bonds is 6. The van der Waals surface area contributed by atoms with Crippen LogP contribution in [-0.4, -0.2) is 55.6 Å². The maximum Gasteiger partial charge on any atom is 0.356 e. The van der Waals surface area contributed by atoms with Gasteiger partial charge in [-0.3, -0.25) is 0 Å². The average molecular weight is 496 g/mol. The molecule has 3 aliphatic heterocycles. The van der Waals surface area contributed by atoms with Crippen LogP contribution >= 0.6 is 0 Å². The smallest absolute Gasteiger partial charge is 0.356 e. The molecule has 0 aliphatic carbocycles. The summed E-state index contributed by atoms with van der Waals surface area (Å²) in [7, 11) is 0. The van der Waals surface area contributed by atoms with Crippen molar-refractivity contribution in [1.29, 1.82) is 0 Å². The van der Waals surface area contributed by atoms with Crippen LogP contribution in [0.3, 0.4) is 0 Å². The van der Waals surface area contributed by atoms with E-state index in [1.807, 2.05) is 24.3 Å². The summed E-state index contributed by atoms with van der Waals surface area (Å²) in [4.78, 5) is 32.9. The molecule has 36 heavy (non-hydrogen) atoms. The van der Waals surface area contributed by atoms with Crippen molar-refractivity contribution in [1.82, 2.24) is 5.06 Å². The molecule has 1 saturated heterocycles. The minimum absolute atomic E-state index is 0.0909. The Morgan fingerprint density at radius 2 is 1.83 bits per heavy atom. The van der Waals surface area contributed by atoms with E-state index in [4.69, 9.17) is 19.0 Å². The molecule has 2 aromatic carbocycles. The average Bonchev–Trinajstić information content (AvgIpc) is 3.26. The van der Waals surface area contributed by atoms with E-state index < -0.39 is 18.2 Å². The monoisotopic (exact) mass is 495 g/mol. The van der Waals surface area contributed by atoms with Gasteiger partial charge in [-0.05, 0) is 48.1 Å². The molecule has 0 radical (unpaired) electrons. The van der Waals surface area contributed by atoms with Crippen LogP contribution in [-0.2, 0) is 30.3 Å². The number of hydrogen-bond acceptors (Lipinski definition) is 9. The van der Waals surface area contributed by atoms with E-state index in [2.05, 4.69) is 10.3 Å². The summed E-state index contributed by atoms with van der Waals surface area (Å²) in [6, 6.07) is 12.3. The predicted octanol–water partition coefficient (Wildman–Crippen LogP) is 3.20. The molecule has 0 amide bonds. The summed E-state index contributed by atoms with van der Waals surface area (Å²) < 4.78 is 31.0. The van der Waals surface area contributed by atoms with Crippen molar-refractivity contribution in [2.75, 3.05) is 31.7 Å². The number of benzene rings is 2. The van der Waals surface area contributed by atoms with E-state index in [1.54, 1.807) is 12.1 Å². The number of aliphatic imine (C=N–C) groups is 1. The number of anilines is 1. The Labute approximate surface area is 207 Å². The van der Waals surface area contributed by atoms with Crippen molar-refractivity contribution in [3.63, 3.8) is 0 Å². The van der Waals surface area contributed by atoms with E-state index in [0.29, 0.717) is 35.9 Å². The van der Waals surface area contributed by atoms with Crippen molar-refractivity contribution in [3.05, 3.63) is 71.6 Å². The van der Waals surface area contributed by atoms with Crippen molar-refractivity contribution < 1.29 is 33.0 Å². The van der Waals surface area contributed by atoms with Crippen molar-refractivity contribution >= 4 is 23.6 Å². The van der Waals surface area contributed by atoms with Crippen LogP contribution < -0.4 is 10.1 Å². The predicted molar refractivity (Wildman–Crippen MR) is 128 cm³/mol. The van der Waals surface area contributed by atoms with Gasteiger partial charge < -0.3 is 24.4 Å². The summed E-state index contributed by atoms with van der Waals surface area (Å²) in [6.07, 6.45) is 3.56. The van der Waals surface area contributed by atoms with Crippen molar-refractivity contribution in [3.8, 4) is 5.75 Å². The Balaban J connectivity index is 1.18. The molecule has 0 spiro atoms. The lowest BCUT2D eigenvalue weighted by Gasteiger charge is -2.22. The van der Waals surface area contributed by atoms with Crippen LogP contribution in [0.5, 0.6) is 5.75 Å². The number of nitrogens with one attached hydrogen (secondary N) is 1. The second-order valence-electron chi connectivity index (χ2n) is 8.77. The summed E-state index contributed by atoms with van der Waals surface area (Å²) >= 11 is 0. The van der Waals surface area contributed by atoms with Gasteiger partial charge in [0.2, 0.25) is 12.2 Å². The number of fused-ring (bicyclic) bond motifs is 2. The number of hydroxylamine groups is 2. The second kappa shape index (κ2) is 10.8. The van der Waals surface area contributed by atoms with Gasteiger partial charge >= 0.3 is 11.9 Å². The quantitative estimate of drug-likeness (QED) is 0.610. The lowest BCUT2D eigenvalue weighted by atomic mass is 10.0. The first kappa shape index (κ1) is 23.8. The molecular weight excluding hydrogens is 469 g/mol. The Morgan fingerprint density at radius 3 is 2.61 bits per heavy atom. The van der Waals surface area contributed by atoms with Crippen LogP contribution in [0, 0.1) is 11.7 Å². The number of hydrogen-bond donors (Lipinski definition) is 1. The van der Waals surface area contributed by atoms with Crippen molar-refractivity contribution in [2.24, 2.45) is 10.9 Å². The van der Waals surface area contributed by atoms with Crippen LogP contribution in [0.25, 0.3) is 0 Å². The van der Waals surface area contributed by atoms with E-state index in [1.165, 1.54) is 11.1 Å². The molecular formula is C26H26FN3O6. The first-order valence-corrected chi connectivity index (χ1v) is 11.8. The zero-order valence-electron chi connectivity index (χ0n) is 19.5. The van der Waals surface area contributed by atoms with Gasteiger partial charge in [0.1, 0.15) is 18.1 Å². The van der Waals surface area contributed by atoms with E-state index in [9.17, 15) is 14.0 Å². The first-order chi connectivity index (χ1) is 17.5. The topological polar surface area (TPSA) is 98.7 Å². The molecule has 1 N–H and O–H groups in total. The number of guanidine groups is 1. The number of esters is 1. The number of carbonyl (C=O) groups excluding carboxylic acids is 2. The third kappa shape index (κ3) is 6.01. The standard InChI is InChI=1S/C26H26FN3O6/c27-22-14-21(34-16-18-9-11-33-12-10-18)6-3-19(22)13-17-1-4-20(5-2-17)28-26-29-23-15-30(26)36-25(32)8-7-24(31)35-23/h1-8,14,18,23H,9-13,15-16H2,(H,28,29)/b8-7-. The zero-order chi connectivity index (χ0) is 24.9. The molecule has 2 bridgehead atoms. The third-order valence-electron chi connectivity index (χ3n) is 6.09. The lowest BCUT2D eigenvalue weighted by molar-refractivity contribution is -0.167. The number of ether oxygens (including phenoxy) is 3. The van der Waals surface area contributed by atoms with Gasteiger partial charge in [0, 0.05) is 43.5 Å². The highest BCUT2D eigenvalue weighted by Crippen LogP contribution is 2.23. The minimum Gasteiger partial charge on any atom is -0.493 e. The first-order valence-electron chi connectivity index (χ1n) is 11.8. The molecule has 0 saturated carbocycles. The Hall–Kier alpha value is -3.92. The summed E-state index contributed by atoms with van der Waals surface area (Å²) in [5.74, 6) is -0.468. The third-order valence-corrected chi connectivity index (χ3v) is 6.09. The molecule has 1 atom stereocenters. The van der Waals surface area contributed by atoms with Crippen LogP contribution in [0.15, 0.2) is 59.6 Å². The maximum absolute atomic E-state index is 14.7. The molecule has 3 heterocycles. The van der Waals surface area contributed by atoms with Gasteiger partial charge in [-0.1, -0.05) is 18.2 Å². The molecule has 2 aromatic rings. The Kier molecular flexibility index (Phi) is 7.13. The summed E-state index contributed by atoms with van der Waals surface area (Å²) in [5.41, 5.74) is 2.16. The fourth-order valence-corrected chi connectivity index (χ4v) is 4.10. The minimum atomic E-state index is -0.790. The number of carbonyl (C=O) groups is 2. The molecule has 3 aliphatic rings. The molecule has 1 fully saturated rings. The highest BCUT2D eigenvalue weighted by molar-refractivity contribution is 5.97. The van der Waals surface area contributed by atoms with Crippen LogP contribution in [0.4, 0.5) is 10.1 Å². The van der Waals surface area contributed by atoms with Gasteiger partial charge in [-0.2, -0.15) is 5.06 Å². The van der Waals surface area contributed by atoms with E-state index in [0.717, 1.165) is 43.8 Å². The molecule has 10 heteroatoms. The van der Waals surface area contributed by atoms with Crippen molar-refractivity contribution in [2.45, 2.75) is 25.5 Å². The largest absolute Gasteiger partial charge is 0.493 e. The summed E-state index contributed by atoms with van der Waals surface area (Å²) in [5, 5.41) is 4.30. The molecule has 1 unspecified atom stereocenters. The Bertz CT molecular complexity index is 1180. The van der Waals surface area contributed by atoms with Gasteiger partial charge in [-0.15, -0.1) is 0 Å². The molecule has 9 nitrogen and oxygen atoms in total. The molecule has 188 valence electrons. The fraction of sp³-hybridized carbons (Fsp3) is 0.346. The number of halogens is 1. The normalized spacial score (nSPS) is 21.0. The lowest BCUT2D eigenvalue weighted by Crippen LogP contribution is -2.35. The van der Waals surface area contributed by atoms with E-state index >= 15 is 0 Å². The molecule has 5 rings (SSSR count). The highest BCUT2D eigenvalue weighted by atomic mass is 19.1. The van der Waals surface area contributed by atoms with Gasteiger partial charge in [0.25, 0.3) is 0 Å². The highest BCUT2D eigenvalue weighted by Gasteiger charge is 2.31. The van der Waals surface area contributed by atoms with Gasteiger partial charge in [-0.25, -0.2) is 19.0 Å². The molecule has 0 aromatic heterocycles. The van der Waals surface area contributed by atoms with E-state index in [-0.39, 0.29) is 18.3 Å². The maximum atomic E-state index is 14.7. The second-order valence-corrected chi connectivity index (χ2v) is 8.77.